The van der Waals surface area contributed by atoms with Crippen molar-refractivity contribution < 1.29 is 24.2 Å². The van der Waals surface area contributed by atoms with Gasteiger partial charge in [-0.15, -0.1) is 0 Å². The van der Waals surface area contributed by atoms with Crippen LogP contribution >= 0.6 is 0 Å². The minimum Gasteiger partial charge on any atom is -0.462 e. The number of hydrogen-bond acceptors (Lipinski definition) is 5. The highest BCUT2D eigenvalue weighted by Crippen LogP contribution is 2.18. The Morgan fingerprint density at radius 3 is 0.855 bits per heavy atom. The van der Waals surface area contributed by atoms with Crippen molar-refractivity contribution in [2.75, 3.05) is 13.2 Å². The van der Waals surface area contributed by atoms with Crippen molar-refractivity contribution in [1.29, 1.82) is 0 Å². The van der Waals surface area contributed by atoms with Crippen molar-refractivity contribution in [2.24, 2.45) is 0 Å². The molecule has 0 amide bonds. The van der Waals surface area contributed by atoms with Crippen molar-refractivity contribution >= 4 is 11.9 Å². The van der Waals surface area contributed by atoms with Gasteiger partial charge in [-0.2, -0.15) is 0 Å². The molecule has 0 aliphatic carbocycles. The molecule has 0 heterocycles. The summed E-state index contributed by atoms with van der Waals surface area (Å²) in [5.41, 5.74) is 0. The fraction of sp³-hybridized carbons (Fsp3) is 0.775. The van der Waals surface area contributed by atoms with Gasteiger partial charge in [-0.25, -0.2) is 0 Å². The van der Waals surface area contributed by atoms with Gasteiger partial charge in [-0.3, -0.25) is 9.59 Å². The van der Waals surface area contributed by atoms with Crippen LogP contribution in [0.5, 0.6) is 0 Å². The quantitative estimate of drug-likeness (QED) is 0.0373. The van der Waals surface area contributed by atoms with Gasteiger partial charge in [0.1, 0.15) is 6.61 Å². The standard InChI is InChI=1S/C71H126O5/c1-3-5-7-9-11-13-15-17-19-21-23-25-27-29-31-32-33-34-35-36-37-38-40-42-44-46-48-50-52-54-56-58-60-62-64-66-71(74)76-69(67-72)68-75-70(73)65-63-61-59-57-55-53-51-49-47-45-43-41-39-30-28-26-24-22-20-18-16-14-12-10-8-6-4-2/h5,7,11,13,16-19,22-25,29,31,69,72H,3-4,6,8-10,12,14-15,20-21,26-28,30,32-68H2,1-2H3/b7-5-,13-11-,18-16-,19-17-,24-22-,25-23-,31-29-. The van der Waals surface area contributed by atoms with Gasteiger partial charge in [-0.05, 0) is 89.9 Å². The van der Waals surface area contributed by atoms with E-state index >= 15 is 0 Å². The van der Waals surface area contributed by atoms with Crippen LogP contribution in [0.2, 0.25) is 0 Å². The van der Waals surface area contributed by atoms with Crippen LogP contribution in [-0.2, 0) is 19.1 Å². The molecular formula is C71H126O5. The number of carbonyl (C=O) groups is 2. The van der Waals surface area contributed by atoms with Gasteiger partial charge in [0, 0.05) is 12.8 Å². The summed E-state index contributed by atoms with van der Waals surface area (Å²) < 4.78 is 10.8. The van der Waals surface area contributed by atoms with Crippen molar-refractivity contribution in [3.8, 4) is 0 Å². The average Bonchev–Trinajstić information content (AvgIpc) is 3.42. The van der Waals surface area contributed by atoms with E-state index in [4.69, 9.17) is 9.47 Å². The highest BCUT2D eigenvalue weighted by Gasteiger charge is 2.16. The zero-order chi connectivity index (χ0) is 54.8. The number of esters is 2. The Bertz CT molecular complexity index is 1380. The van der Waals surface area contributed by atoms with Gasteiger partial charge in [0.15, 0.2) is 6.10 Å². The van der Waals surface area contributed by atoms with Crippen LogP contribution < -0.4 is 0 Å². The molecule has 1 N–H and O–H groups in total. The SMILES string of the molecule is CC/C=C\C/C=C\C/C=C\C/C=C\C/C=C\CCCCCCCCCCCCCCCCCCCCCC(=O)OC(CO)COC(=O)CCCCCCCCCCCCCCCCC/C=C\C/C=C\CCCCCCC. The molecule has 0 aliphatic heterocycles. The van der Waals surface area contributed by atoms with Crippen molar-refractivity contribution in [2.45, 2.75) is 341 Å². The van der Waals surface area contributed by atoms with Crippen molar-refractivity contribution in [3.63, 3.8) is 0 Å². The predicted octanol–water partition coefficient (Wildman–Crippen LogP) is 22.9. The van der Waals surface area contributed by atoms with E-state index in [0.717, 1.165) is 77.0 Å². The van der Waals surface area contributed by atoms with Crippen molar-refractivity contribution in [1.82, 2.24) is 0 Å². The van der Waals surface area contributed by atoms with Crippen LogP contribution in [0.25, 0.3) is 0 Å². The van der Waals surface area contributed by atoms with E-state index in [1.54, 1.807) is 0 Å². The highest BCUT2D eigenvalue weighted by atomic mass is 16.6. The third kappa shape index (κ3) is 63.6. The first kappa shape index (κ1) is 73.1. The van der Waals surface area contributed by atoms with Crippen LogP contribution in [0.4, 0.5) is 0 Å². The zero-order valence-electron chi connectivity index (χ0n) is 50.5. The molecule has 0 aromatic carbocycles. The van der Waals surface area contributed by atoms with E-state index in [9.17, 15) is 14.7 Å². The monoisotopic (exact) mass is 1060 g/mol. The molecule has 0 aromatic rings. The van der Waals surface area contributed by atoms with Gasteiger partial charge in [0.05, 0.1) is 6.61 Å². The molecule has 1 unspecified atom stereocenters. The van der Waals surface area contributed by atoms with Crippen LogP contribution in [0, 0.1) is 0 Å². The molecule has 0 saturated heterocycles. The van der Waals surface area contributed by atoms with E-state index in [2.05, 4.69) is 98.9 Å². The fourth-order valence-electron chi connectivity index (χ4n) is 9.73. The van der Waals surface area contributed by atoms with Crippen LogP contribution in [0.3, 0.4) is 0 Å². The summed E-state index contributed by atoms with van der Waals surface area (Å²) in [7, 11) is 0. The molecular weight excluding hydrogens is 933 g/mol. The first-order valence-corrected chi connectivity index (χ1v) is 33.1. The zero-order valence-corrected chi connectivity index (χ0v) is 50.5. The van der Waals surface area contributed by atoms with E-state index < -0.39 is 6.10 Å². The van der Waals surface area contributed by atoms with Crippen LogP contribution in [-0.4, -0.2) is 36.4 Å². The van der Waals surface area contributed by atoms with Crippen LogP contribution in [0.1, 0.15) is 335 Å². The summed E-state index contributed by atoms with van der Waals surface area (Å²) in [5, 5.41) is 9.69. The molecule has 0 spiro atoms. The minimum absolute atomic E-state index is 0.0641. The molecule has 5 heteroatoms. The normalized spacial score (nSPS) is 12.7. The summed E-state index contributed by atoms with van der Waals surface area (Å²) in [6, 6.07) is 0. The lowest BCUT2D eigenvalue weighted by Crippen LogP contribution is -2.28. The smallest absolute Gasteiger partial charge is 0.306 e. The summed E-state index contributed by atoms with van der Waals surface area (Å²) in [6.45, 7) is 4.06. The minimum atomic E-state index is -0.774. The molecule has 440 valence electrons. The Morgan fingerprint density at radius 1 is 0.316 bits per heavy atom. The number of hydrogen-bond donors (Lipinski definition) is 1. The van der Waals surface area contributed by atoms with E-state index in [-0.39, 0.29) is 25.2 Å². The molecule has 0 radical (unpaired) electrons. The maximum absolute atomic E-state index is 12.4. The lowest BCUT2D eigenvalue weighted by molar-refractivity contribution is -0.161. The van der Waals surface area contributed by atoms with Gasteiger partial charge < -0.3 is 14.6 Å². The summed E-state index contributed by atoms with van der Waals surface area (Å²) in [6.07, 6.45) is 93.1. The Hall–Kier alpha value is -2.92. The van der Waals surface area contributed by atoms with E-state index in [1.165, 1.54) is 231 Å². The molecule has 0 bridgehead atoms. The largest absolute Gasteiger partial charge is 0.462 e. The fourth-order valence-corrected chi connectivity index (χ4v) is 9.73. The Balaban J connectivity index is 3.43. The van der Waals surface area contributed by atoms with E-state index in [1.807, 2.05) is 0 Å². The maximum atomic E-state index is 12.4. The van der Waals surface area contributed by atoms with E-state index in [0.29, 0.717) is 12.8 Å². The molecule has 0 rings (SSSR count). The van der Waals surface area contributed by atoms with Crippen LogP contribution in [0.15, 0.2) is 85.1 Å². The van der Waals surface area contributed by atoms with Gasteiger partial charge in [0.2, 0.25) is 0 Å². The second-order valence-corrected chi connectivity index (χ2v) is 22.2. The maximum Gasteiger partial charge on any atom is 0.306 e. The first-order chi connectivity index (χ1) is 37.6. The summed E-state index contributed by atoms with van der Waals surface area (Å²) >= 11 is 0. The molecule has 0 fully saturated rings. The predicted molar refractivity (Wildman–Crippen MR) is 334 cm³/mol. The topological polar surface area (TPSA) is 72.8 Å². The van der Waals surface area contributed by atoms with Gasteiger partial charge in [-0.1, -0.05) is 317 Å². The van der Waals surface area contributed by atoms with Gasteiger partial charge >= 0.3 is 11.9 Å². The van der Waals surface area contributed by atoms with Crippen molar-refractivity contribution in [3.05, 3.63) is 85.1 Å². The lowest BCUT2D eigenvalue weighted by Gasteiger charge is -2.15. The second kappa shape index (κ2) is 66.4. The number of carbonyl (C=O) groups excluding carboxylic acids is 2. The molecule has 0 aliphatic rings. The molecule has 0 aromatic heterocycles. The number of rotatable bonds is 61. The number of allylic oxidation sites excluding steroid dienone is 14. The Labute approximate surface area is 473 Å². The molecule has 1 atom stereocenters. The lowest BCUT2D eigenvalue weighted by atomic mass is 10.0. The number of ether oxygens (including phenoxy) is 2. The summed E-state index contributed by atoms with van der Waals surface area (Å²) in [5.74, 6) is -0.576. The molecule has 0 saturated carbocycles. The third-order valence-electron chi connectivity index (χ3n) is 14.7. The third-order valence-corrected chi connectivity index (χ3v) is 14.7. The average molecular weight is 1060 g/mol. The number of unbranched alkanes of at least 4 members (excludes halogenated alkanes) is 39. The Morgan fingerprint density at radius 2 is 0.566 bits per heavy atom. The summed E-state index contributed by atoms with van der Waals surface area (Å²) in [4.78, 5) is 24.6. The first-order valence-electron chi connectivity index (χ1n) is 33.1. The molecule has 5 nitrogen and oxygen atoms in total. The molecule has 76 heavy (non-hydrogen) atoms. The van der Waals surface area contributed by atoms with Gasteiger partial charge in [0.25, 0.3) is 0 Å². The number of aliphatic hydroxyl groups excluding tert-OH is 1. The second-order valence-electron chi connectivity index (χ2n) is 22.2. The number of aliphatic hydroxyl groups is 1. The Kier molecular flexibility index (Phi) is 63.8. The highest BCUT2D eigenvalue weighted by molar-refractivity contribution is 5.70.